The fourth-order valence-electron chi connectivity index (χ4n) is 2.87. The molecule has 3 rings (SSSR count). The second-order valence-corrected chi connectivity index (χ2v) is 6.98. The number of carbonyl (C=O) groups excluding carboxylic acids is 1. The minimum absolute atomic E-state index is 0.0438. The highest BCUT2D eigenvalue weighted by atomic mass is 16.5. The number of likely N-dealkylation sites (N-methyl/N-ethyl adjacent to an activating group) is 1. The van der Waals surface area contributed by atoms with E-state index in [0.717, 1.165) is 17.1 Å². The fraction of sp³-hybridized carbons (Fsp3) is 0.261. The van der Waals surface area contributed by atoms with Crippen LogP contribution in [0.5, 0.6) is 11.5 Å². The maximum Gasteiger partial charge on any atom is 0.258 e. The Morgan fingerprint density at radius 2 is 1.66 bits per heavy atom. The SMILES string of the molecule is C[NH+](C)[C@H](CNC(=O)COc1ccc(OCc2ccccc2)cc1)c1ccco1. The average molecular weight is 395 g/mol. The quantitative estimate of drug-likeness (QED) is 0.553. The van der Waals surface area contributed by atoms with Crippen LogP contribution >= 0.6 is 0 Å². The van der Waals surface area contributed by atoms with Gasteiger partial charge >= 0.3 is 0 Å². The number of carbonyl (C=O) groups is 1. The number of ether oxygens (including phenoxy) is 2. The Balaban J connectivity index is 1.41. The zero-order valence-electron chi connectivity index (χ0n) is 16.8. The van der Waals surface area contributed by atoms with E-state index in [0.29, 0.717) is 18.9 Å². The molecule has 0 unspecified atom stereocenters. The van der Waals surface area contributed by atoms with Crippen molar-refractivity contribution in [2.24, 2.45) is 0 Å². The Kier molecular flexibility index (Phi) is 7.30. The lowest BCUT2D eigenvalue weighted by Gasteiger charge is -2.19. The summed E-state index contributed by atoms with van der Waals surface area (Å²) in [5.74, 6) is 2.04. The minimum Gasteiger partial charge on any atom is -0.489 e. The number of amides is 1. The van der Waals surface area contributed by atoms with Crippen LogP contribution in [0.2, 0.25) is 0 Å². The van der Waals surface area contributed by atoms with Crippen LogP contribution in [0, 0.1) is 0 Å². The highest BCUT2D eigenvalue weighted by molar-refractivity contribution is 5.77. The van der Waals surface area contributed by atoms with Crippen LogP contribution in [0.1, 0.15) is 17.4 Å². The molecule has 0 radical (unpaired) electrons. The molecule has 6 nitrogen and oxygen atoms in total. The zero-order chi connectivity index (χ0) is 20.5. The smallest absolute Gasteiger partial charge is 0.258 e. The van der Waals surface area contributed by atoms with E-state index in [2.05, 4.69) is 5.32 Å². The van der Waals surface area contributed by atoms with E-state index in [9.17, 15) is 4.79 Å². The molecule has 0 aliphatic rings. The molecule has 2 N–H and O–H groups in total. The topological polar surface area (TPSA) is 65.1 Å². The number of hydrogen-bond acceptors (Lipinski definition) is 4. The van der Waals surface area contributed by atoms with Crippen LogP contribution in [-0.2, 0) is 11.4 Å². The lowest BCUT2D eigenvalue weighted by Crippen LogP contribution is -3.07. The molecule has 29 heavy (non-hydrogen) atoms. The third kappa shape index (κ3) is 6.40. The third-order valence-electron chi connectivity index (χ3n) is 4.53. The number of nitrogens with one attached hydrogen (secondary N) is 2. The van der Waals surface area contributed by atoms with Gasteiger partial charge in [-0.05, 0) is 42.0 Å². The molecule has 1 atom stereocenters. The van der Waals surface area contributed by atoms with Crippen molar-refractivity contribution in [3.05, 3.63) is 84.3 Å². The molecule has 0 aliphatic carbocycles. The summed E-state index contributed by atoms with van der Waals surface area (Å²) in [4.78, 5) is 13.3. The summed E-state index contributed by atoms with van der Waals surface area (Å²) in [5.41, 5.74) is 1.11. The molecule has 3 aromatic rings. The van der Waals surface area contributed by atoms with Gasteiger partial charge in [0.05, 0.1) is 26.9 Å². The van der Waals surface area contributed by atoms with Gasteiger partial charge in [0.2, 0.25) is 0 Å². The minimum atomic E-state index is -0.174. The van der Waals surface area contributed by atoms with Crippen molar-refractivity contribution in [3.63, 3.8) is 0 Å². The van der Waals surface area contributed by atoms with Gasteiger partial charge in [-0.3, -0.25) is 4.79 Å². The number of hydrogen-bond donors (Lipinski definition) is 2. The van der Waals surface area contributed by atoms with Crippen LogP contribution in [0.15, 0.2) is 77.4 Å². The van der Waals surface area contributed by atoms with E-state index in [4.69, 9.17) is 13.9 Å². The van der Waals surface area contributed by atoms with Crippen molar-refractivity contribution in [1.29, 1.82) is 0 Å². The summed E-state index contributed by atoms with van der Waals surface area (Å²) in [7, 11) is 4.05. The normalized spacial score (nSPS) is 11.8. The number of quaternary nitrogens is 1. The van der Waals surface area contributed by atoms with Gasteiger partial charge < -0.3 is 24.1 Å². The van der Waals surface area contributed by atoms with Gasteiger partial charge in [0.25, 0.3) is 5.91 Å². The van der Waals surface area contributed by atoms with Crippen molar-refractivity contribution in [1.82, 2.24) is 5.32 Å². The van der Waals surface area contributed by atoms with E-state index in [-0.39, 0.29) is 18.6 Å². The lowest BCUT2D eigenvalue weighted by molar-refractivity contribution is -0.891. The fourth-order valence-corrected chi connectivity index (χ4v) is 2.87. The van der Waals surface area contributed by atoms with Gasteiger partial charge in [0, 0.05) is 0 Å². The summed E-state index contributed by atoms with van der Waals surface area (Å²) in [6.45, 7) is 0.941. The van der Waals surface area contributed by atoms with Crippen molar-refractivity contribution < 1.29 is 23.6 Å². The van der Waals surface area contributed by atoms with Crippen molar-refractivity contribution in [2.45, 2.75) is 12.6 Å². The summed E-state index contributed by atoms with van der Waals surface area (Å²) in [5, 5.41) is 2.90. The Bertz CT molecular complexity index is 862. The first kappa shape index (κ1) is 20.5. The molecule has 0 saturated heterocycles. The third-order valence-corrected chi connectivity index (χ3v) is 4.53. The van der Waals surface area contributed by atoms with E-state index in [1.165, 1.54) is 4.90 Å². The second kappa shape index (κ2) is 10.3. The lowest BCUT2D eigenvalue weighted by atomic mass is 10.2. The Hall–Kier alpha value is -3.25. The average Bonchev–Trinajstić information content (AvgIpc) is 3.26. The molecule has 0 saturated carbocycles. The van der Waals surface area contributed by atoms with Crippen LogP contribution in [-0.4, -0.2) is 33.2 Å². The first-order valence-corrected chi connectivity index (χ1v) is 9.61. The monoisotopic (exact) mass is 395 g/mol. The van der Waals surface area contributed by atoms with Gasteiger partial charge in [-0.15, -0.1) is 0 Å². The number of benzene rings is 2. The molecule has 2 aromatic carbocycles. The van der Waals surface area contributed by atoms with Crippen LogP contribution in [0.3, 0.4) is 0 Å². The predicted molar refractivity (Wildman–Crippen MR) is 110 cm³/mol. The summed E-state index contributed by atoms with van der Waals surface area (Å²) < 4.78 is 16.8. The maximum absolute atomic E-state index is 12.1. The number of rotatable bonds is 10. The van der Waals surface area contributed by atoms with E-state index < -0.39 is 0 Å². The van der Waals surface area contributed by atoms with Crippen LogP contribution < -0.4 is 19.7 Å². The summed E-state index contributed by atoms with van der Waals surface area (Å²) >= 11 is 0. The first-order valence-electron chi connectivity index (χ1n) is 9.61. The van der Waals surface area contributed by atoms with E-state index in [1.807, 2.05) is 68.7 Å². The van der Waals surface area contributed by atoms with E-state index >= 15 is 0 Å². The molecule has 0 fully saturated rings. The van der Waals surface area contributed by atoms with Gasteiger partial charge in [-0.25, -0.2) is 0 Å². The summed E-state index contributed by atoms with van der Waals surface area (Å²) in [6, 6.07) is 21.1. The molecule has 152 valence electrons. The van der Waals surface area contributed by atoms with Crippen LogP contribution in [0.25, 0.3) is 0 Å². The van der Waals surface area contributed by atoms with Gasteiger partial charge in [-0.2, -0.15) is 0 Å². The molecule has 1 amide bonds. The zero-order valence-corrected chi connectivity index (χ0v) is 16.8. The summed E-state index contributed by atoms with van der Waals surface area (Å²) in [6.07, 6.45) is 1.64. The van der Waals surface area contributed by atoms with Gasteiger partial charge in [0.1, 0.15) is 18.1 Å². The van der Waals surface area contributed by atoms with Crippen LogP contribution in [0.4, 0.5) is 0 Å². The molecular weight excluding hydrogens is 368 g/mol. The van der Waals surface area contributed by atoms with Gasteiger partial charge in [-0.1, -0.05) is 30.3 Å². The molecule has 0 aliphatic heterocycles. The van der Waals surface area contributed by atoms with Gasteiger partial charge in [0.15, 0.2) is 18.4 Å². The molecule has 0 spiro atoms. The highest BCUT2D eigenvalue weighted by Gasteiger charge is 2.21. The first-order chi connectivity index (χ1) is 14.1. The Morgan fingerprint density at radius 1 is 0.966 bits per heavy atom. The van der Waals surface area contributed by atoms with E-state index in [1.54, 1.807) is 18.4 Å². The molecule has 1 heterocycles. The standard InChI is InChI=1S/C23H26N2O4/c1-25(2)21(22-9-6-14-27-22)15-24-23(26)17-29-20-12-10-19(11-13-20)28-16-18-7-4-3-5-8-18/h3-14,21H,15-17H2,1-2H3,(H,24,26)/p+1/t21-/m1/s1. The molecular formula is C23H27N2O4+. The van der Waals surface area contributed by atoms with Crippen molar-refractivity contribution in [3.8, 4) is 11.5 Å². The molecule has 1 aromatic heterocycles. The maximum atomic E-state index is 12.1. The largest absolute Gasteiger partial charge is 0.489 e. The highest BCUT2D eigenvalue weighted by Crippen LogP contribution is 2.18. The number of furan rings is 1. The van der Waals surface area contributed by atoms with Crippen molar-refractivity contribution in [2.75, 3.05) is 27.2 Å². The Morgan fingerprint density at radius 3 is 2.28 bits per heavy atom. The second-order valence-electron chi connectivity index (χ2n) is 6.98. The van der Waals surface area contributed by atoms with Crippen molar-refractivity contribution >= 4 is 5.91 Å². The predicted octanol–water partition coefficient (Wildman–Crippen LogP) is 2.24. The molecule has 6 heteroatoms. The Labute approximate surface area is 171 Å². The molecule has 0 bridgehead atoms.